The lowest BCUT2D eigenvalue weighted by Gasteiger charge is -2.23. The van der Waals surface area contributed by atoms with Crippen molar-refractivity contribution in [3.63, 3.8) is 0 Å². The summed E-state index contributed by atoms with van der Waals surface area (Å²) in [7, 11) is 0. The molecule has 8 heteroatoms. The first-order valence-corrected chi connectivity index (χ1v) is 10.4. The Kier molecular flexibility index (Phi) is 6.19. The fraction of sp³-hybridized carbons (Fsp3) is 0.524. The zero-order chi connectivity index (χ0) is 20.1. The maximum Gasteiger partial charge on any atom is 0.315 e. The maximum absolute atomic E-state index is 12.5. The predicted molar refractivity (Wildman–Crippen MR) is 109 cm³/mol. The number of rotatable bonds is 4. The molecule has 1 saturated carbocycles. The second-order valence-corrected chi connectivity index (χ2v) is 7.75. The molecule has 8 nitrogen and oxygen atoms in total. The van der Waals surface area contributed by atoms with Crippen molar-refractivity contribution in [3.8, 4) is 11.3 Å². The maximum atomic E-state index is 12.5. The van der Waals surface area contributed by atoms with Crippen molar-refractivity contribution in [2.75, 3.05) is 13.2 Å². The van der Waals surface area contributed by atoms with Gasteiger partial charge in [0.15, 0.2) is 0 Å². The van der Waals surface area contributed by atoms with Crippen molar-refractivity contribution in [2.45, 2.75) is 56.7 Å². The highest BCUT2D eigenvalue weighted by molar-refractivity contribution is 5.74. The molecule has 2 unspecified atom stereocenters. The molecular formula is C21H27N5O3. The first kappa shape index (κ1) is 19.6. The fourth-order valence-corrected chi connectivity index (χ4v) is 4.08. The third-order valence-corrected chi connectivity index (χ3v) is 5.67. The number of aromatic nitrogens is 3. The van der Waals surface area contributed by atoms with Gasteiger partial charge < -0.3 is 15.4 Å². The Bertz CT molecular complexity index is 877. The molecule has 2 fully saturated rings. The summed E-state index contributed by atoms with van der Waals surface area (Å²) in [6, 6.07) is 6.26. The topological polar surface area (TPSA) is 98.1 Å². The molecule has 154 valence electrons. The lowest BCUT2D eigenvalue weighted by molar-refractivity contribution is 0.180. The second kappa shape index (κ2) is 9.17. The number of carbonyl (C=O) groups excluding carboxylic acids is 1. The van der Waals surface area contributed by atoms with Crippen LogP contribution in [0.25, 0.3) is 11.3 Å². The van der Waals surface area contributed by atoms with E-state index < -0.39 is 0 Å². The van der Waals surface area contributed by atoms with Gasteiger partial charge in [-0.15, -0.1) is 0 Å². The molecular weight excluding hydrogens is 370 g/mol. The van der Waals surface area contributed by atoms with Crippen molar-refractivity contribution in [2.24, 2.45) is 0 Å². The van der Waals surface area contributed by atoms with Gasteiger partial charge in [0.2, 0.25) is 0 Å². The summed E-state index contributed by atoms with van der Waals surface area (Å²) in [5, 5.41) is 10.6. The van der Waals surface area contributed by atoms with Crippen LogP contribution in [0.15, 0.2) is 41.5 Å². The zero-order valence-electron chi connectivity index (χ0n) is 16.4. The number of ether oxygens (including phenoxy) is 1. The standard InChI is InChI=1S/C21H27N5O3/c27-20-8-7-17(15-9-11-22-12-10-15)25-26(20)19-14-29-13-18(19)24-21(28)23-16-5-3-1-2-4-6-16/h7-12,16,18-19H,1-6,13-14H2,(H2,23,24,28). The first-order chi connectivity index (χ1) is 14.2. The molecule has 3 heterocycles. The number of hydrogen-bond acceptors (Lipinski definition) is 5. The van der Waals surface area contributed by atoms with Crippen molar-refractivity contribution in [1.29, 1.82) is 0 Å². The predicted octanol–water partition coefficient (Wildman–Crippen LogP) is 2.27. The van der Waals surface area contributed by atoms with Crippen molar-refractivity contribution in [1.82, 2.24) is 25.4 Å². The monoisotopic (exact) mass is 397 g/mol. The number of hydrogen-bond donors (Lipinski definition) is 2. The molecule has 29 heavy (non-hydrogen) atoms. The molecule has 2 N–H and O–H groups in total. The summed E-state index contributed by atoms with van der Waals surface area (Å²) in [5.41, 5.74) is 1.35. The van der Waals surface area contributed by atoms with E-state index in [9.17, 15) is 9.59 Å². The molecule has 1 saturated heterocycles. The smallest absolute Gasteiger partial charge is 0.315 e. The van der Waals surface area contributed by atoms with Crippen LogP contribution >= 0.6 is 0 Å². The van der Waals surface area contributed by atoms with Gasteiger partial charge in [0.25, 0.3) is 5.56 Å². The lowest BCUT2D eigenvalue weighted by Crippen LogP contribution is -2.50. The molecule has 1 aliphatic carbocycles. The molecule has 2 aliphatic rings. The van der Waals surface area contributed by atoms with Crippen LogP contribution in [-0.4, -0.2) is 46.1 Å². The Labute approximate surface area is 169 Å². The van der Waals surface area contributed by atoms with Crippen molar-refractivity contribution in [3.05, 3.63) is 47.0 Å². The zero-order valence-corrected chi connectivity index (χ0v) is 16.4. The third-order valence-electron chi connectivity index (χ3n) is 5.67. The number of nitrogens with zero attached hydrogens (tertiary/aromatic N) is 3. The molecule has 0 spiro atoms. The van der Waals surface area contributed by atoms with Crippen LogP contribution in [0.1, 0.15) is 44.6 Å². The summed E-state index contributed by atoms with van der Waals surface area (Å²) in [4.78, 5) is 29.0. The van der Waals surface area contributed by atoms with E-state index in [2.05, 4.69) is 20.7 Å². The van der Waals surface area contributed by atoms with Gasteiger partial charge in [-0.25, -0.2) is 9.48 Å². The Morgan fingerprint density at radius 1 is 1.00 bits per heavy atom. The summed E-state index contributed by atoms with van der Waals surface area (Å²) in [5.74, 6) is 0. The van der Waals surface area contributed by atoms with E-state index in [1.54, 1.807) is 18.5 Å². The average molecular weight is 397 g/mol. The quantitative estimate of drug-likeness (QED) is 0.771. The van der Waals surface area contributed by atoms with E-state index in [4.69, 9.17) is 4.74 Å². The van der Waals surface area contributed by atoms with Gasteiger partial charge in [0, 0.05) is 30.1 Å². The van der Waals surface area contributed by atoms with Gasteiger partial charge in [-0.3, -0.25) is 9.78 Å². The van der Waals surface area contributed by atoms with Crippen molar-refractivity contribution >= 4 is 6.03 Å². The van der Waals surface area contributed by atoms with Crippen LogP contribution in [0, 0.1) is 0 Å². The van der Waals surface area contributed by atoms with Crippen LogP contribution in [0.5, 0.6) is 0 Å². The minimum atomic E-state index is -0.343. The molecule has 0 bridgehead atoms. The minimum absolute atomic E-state index is 0.198. The molecule has 0 aromatic carbocycles. The highest BCUT2D eigenvalue weighted by Gasteiger charge is 2.33. The summed E-state index contributed by atoms with van der Waals surface area (Å²) >= 11 is 0. The molecule has 2 aromatic rings. The van der Waals surface area contributed by atoms with E-state index in [1.165, 1.54) is 23.6 Å². The highest BCUT2D eigenvalue weighted by atomic mass is 16.5. The van der Waals surface area contributed by atoms with Crippen LogP contribution in [0.4, 0.5) is 4.79 Å². The average Bonchev–Trinajstić information content (AvgIpc) is 3.03. The molecule has 0 radical (unpaired) electrons. The van der Waals surface area contributed by atoms with Gasteiger partial charge in [-0.2, -0.15) is 5.10 Å². The van der Waals surface area contributed by atoms with E-state index >= 15 is 0 Å². The second-order valence-electron chi connectivity index (χ2n) is 7.75. The van der Waals surface area contributed by atoms with Crippen molar-refractivity contribution < 1.29 is 9.53 Å². The molecule has 4 rings (SSSR count). The highest BCUT2D eigenvalue weighted by Crippen LogP contribution is 2.21. The Balaban J connectivity index is 1.46. The number of carbonyl (C=O) groups is 1. The number of nitrogens with one attached hydrogen (secondary N) is 2. The largest absolute Gasteiger partial charge is 0.377 e. The lowest BCUT2D eigenvalue weighted by atomic mass is 10.1. The summed E-state index contributed by atoms with van der Waals surface area (Å²) < 4.78 is 7.01. The van der Waals surface area contributed by atoms with E-state index in [1.807, 2.05) is 12.1 Å². The molecule has 2 amide bonds. The van der Waals surface area contributed by atoms with Gasteiger partial charge >= 0.3 is 6.03 Å². The Morgan fingerprint density at radius 3 is 2.52 bits per heavy atom. The van der Waals surface area contributed by atoms with E-state index in [0.29, 0.717) is 18.9 Å². The van der Waals surface area contributed by atoms with Crippen LogP contribution in [0.2, 0.25) is 0 Å². The van der Waals surface area contributed by atoms with Gasteiger partial charge in [-0.05, 0) is 31.0 Å². The third kappa shape index (κ3) is 4.82. The Hall–Kier alpha value is -2.74. The normalized spacial score (nSPS) is 22.8. The first-order valence-electron chi connectivity index (χ1n) is 10.4. The molecule has 1 aliphatic heterocycles. The molecule has 2 aromatic heterocycles. The number of amides is 2. The number of urea groups is 1. The minimum Gasteiger partial charge on any atom is -0.377 e. The fourth-order valence-electron chi connectivity index (χ4n) is 4.08. The van der Waals surface area contributed by atoms with Gasteiger partial charge in [-0.1, -0.05) is 25.7 Å². The summed E-state index contributed by atoms with van der Waals surface area (Å²) in [6.45, 7) is 0.692. The van der Waals surface area contributed by atoms with Gasteiger partial charge in [0.05, 0.1) is 24.9 Å². The van der Waals surface area contributed by atoms with Crippen LogP contribution in [-0.2, 0) is 4.74 Å². The number of pyridine rings is 1. The summed E-state index contributed by atoms with van der Waals surface area (Å²) in [6.07, 6.45) is 10.2. The SMILES string of the molecule is O=C(NC1CCCCCC1)NC1COCC1n1nc(-c2ccncc2)ccc1=O. The van der Waals surface area contributed by atoms with Crippen LogP contribution < -0.4 is 16.2 Å². The van der Waals surface area contributed by atoms with Gasteiger partial charge in [0.1, 0.15) is 6.04 Å². The van der Waals surface area contributed by atoms with E-state index in [0.717, 1.165) is 31.2 Å². The van der Waals surface area contributed by atoms with E-state index in [-0.39, 0.29) is 29.7 Å². The molecule has 2 atom stereocenters. The van der Waals surface area contributed by atoms with Crippen LogP contribution in [0.3, 0.4) is 0 Å². The Morgan fingerprint density at radius 2 is 1.76 bits per heavy atom.